The molecule has 1 aliphatic heterocycles. The van der Waals surface area contributed by atoms with Crippen molar-refractivity contribution >= 4 is 5.69 Å². The fourth-order valence-electron chi connectivity index (χ4n) is 2.54. The lowest BCUT2D eigenvalue weighted by Crippen LogP contribution is -2.22. The zero-order valence-electron chi connectivity index (χ0n) is 11.1. The molecular weight excluding hydrogens is 231 g/mol. The lowest BCUT2D eigenvalue weighted by atomic mass is 10.1. The topological polar surface area (TPSA) is 24.5 Å². The predicted octanol–water partition coefficient (Wildman–Crippen LogP) is 2.02. The molecule has 1 aromatic carbocycles. The smallest absolute Gasteiger partial charge is 0.146 e. The minimum atomic E-state index is -0.124. The molecule has 1 saturated heterocycles. The van der Waals surface area contributed by atoms with Gasteiger partial charge in [0.25, 0.3) is 0 Å². The Kier molecular flexibility index (Phi) is 4.55. The van der Waals surface area contributed by atoms with Crippen molar-refractivity contribution in [3.63, 3.8) is 0 Å². The molecule has 0 spiro atoms. The van der Waals surface area contributed by atoms with Gasteiger partial charge in [0.1, 0.15) is 5.82 Å². The predicted molar refractivity (Wildman–Crippen MR) is 71.4 cm³/mol. The normalized spacial score (nSPS) is 19.5. The summed E-state index contributed by atoms with van der Waals surface area (Å²) < 4.78 is 19.2. The summed E-state index contributed by atoms with van der Waals surface area (Å²) >= 11 is 0. The minimum absolute atomic E-state index is 0.124. The van der Waals surface area contributed by atoms with Crippen molar-refractivity contribution in [2.45, 2.75) is 13.0 Å². The van der Waals surface area contributed by atoms with Crippen LogP contribution in [0.2, 0.25) is 0 Å². The molecule has 100 valence electrons. The zero-order valence-corrected chi connectivity index (χ0v) is 11.1. The SMILES string of the molecule is CNCc1ccc(N2CCC(COC)C2)c(F)c1. The highest BCUT2D eigenvalue weighted by atomic mass is 19.1. The quantitative estimate of drug-likeness (QED) is 0.867. The van der Waals surface area contributed by atoms with E-state index >= 15 is 0 Å². The van der Waals surface area contributed by atoms with Crippen LogP contribution in [0.4, 0.5) is 10.1 Å². The Balaban J connectivity index is 2.05. The van der Waals surface area contributed by atoms with Crippen LogP contribution in [0, 0.1) is 11.7 Å². The molecule has 0 aromatic heterocycles. The van der Waals surface area contributed by atoms with Gasteiger partial charge in [-0.25, -0.2) is 4.39 Å². The molecule has 2 rings (SSSR count). The van der Waals surface area contributed by atoms with Crippen LogP contribution in [-0.2, 0) is 11.3 Å². The fraction of sp³-hybridized carbons (Fsp3) is 0.571. The Morgan fingerprint density at radius 3 is 3.00 bits per heavy atom. The molecule has 18 heavy (non-hydrogen) atoms. The molecule has 0 amide bonds. The number of anilines is 1. The number of benzene rings is 1. The van der Waals surface area contributed by atoms with Gasteiger partial charge in [-0.15, -0.1) is 0 Å². The first-order valence-corrected chi connectivity index (χ1v) is 6.41. The minimum Gasteiger partial charge on any atom is -0.384 e. The molecular formula is C14H21FN2O. The van der Waals surface area contributed by atoms with Crippen molar-refractivity contribution in [2.75, 3.05) is 38.8 Å². The van der Waals surface area contributed by atoms with E-state index in [1.807, 2.05) is 19.2 Å². The second-order valence-corrected chi connectivity index (χ2v) is 4.87. The molecule has 0 radical (unpaired) electrons. The molecule has 1 aliphatic rings. The van der Waals surface area contributed by atoms with Crippen LogP contribution >= 0.6 is 0 Å². The number of methoxy groups -OCH3 is 1. The van der Waals surface area contributed by atoms with Gasteiger partial charge in [0.05, 0.1) is 12.3 Å². The first-order chi connectivity index (χ1) is 8.74. The first kappa shape index (κ1) is 13.3. The van der Waals surface area contributed by atoms with Gasteiger partial charge in [0, 0.05) is 32.7 Å². The molecule has 1 aromatic rings. The highest BCUT2D eigenvalue weighted by molar-refractivity contribution is 5.50. The molecule has 1 N–H and O–H groups in total. The number of rotatable bonds is 5. The molecule has 1 unspecified atom stereocenters. The van der Waals surface area contributed by atoms with E-state index in [0.29, 0.717) is 18.2 Å². The maximum atomic E-state index is 14.0. The van der Waals surface area contributed by atoms with Crippen LogP contribution in [0.15, 0.2) is 18.2 Å². The lowest BCUT2D eigenvalue weighted by Gasteiger charge is -2.20. The van der Waals surface area contributed by atoms with Crippen molar-refractivity contribution < 1.29 is 9.13 Å². The summed E-state index contributed by atoms with van der Waals surface area (Å²) in [5, 5.41) is 3.03. The molecule has 3 nitrogen and oxygen atoms in total. The molecule has 0 bridgehead atoms. The highest BCUT2D eigenvalue weighted by Gasteiger charge is 2.24. The summed E-state index contributed by atoms with van der Waals surface area (Å²) in [6.45, 7) is 3.26. The summed E-state index contributed by atoms with van der Waals surface area (Å²) in [6.07, 6.45) is 1.07. The number of nitrogens with zero attached hydrogens (tertiary/aromatic N) is 1. The van der Waals surface area contributed by atoms with E-state index in [0.717, 1.165) is 31.7 Å². The zero-order chi connectivity index (χ0) is 13.0. The van der Waals surface area contributed by atoms with Gasteiger partial charge in [0.15, 0.2) is 0 Å². The molecule has 4 heteroatoms. The van der Waals surface area contributed by atoms with E-state index in [-0.39, 0.29) is 5.82 Å². The number of hydrogen-bond donors (Lipinski definition) is 1. The summed E-state index contributed by atoms with van der Waals surface area (Å²) in [5.41, 5.74) is 1.69. The van der Waals surface area contributed by atoms with E-state index in [2.05, 4.69) is 10.2 Å². The summed E-state index contributed by atoms with van der Waals surface area (Å²) in [7, 11) is 3.58. The van der Waals surface area contributed by atoms with E-state index in [1.165, 1.54) is 0 Å². The largest absolute Gasteiger partial charge is 0.384 e. The molecule has 1 fully saturated rings. The first-order valence-electron chi connectivity index (χ1n) is 6.41. The average molecular weight is 252 g/mol. The van der Waals surface area contributed by atoms with Gasteiger partial charge >= 0.3 is 0 Å². The third-order valence-corrected chi connectivity index (χ3v) is 3.42. The number of halogens is 1. The van der Waals surface area contributed by atoms with Crippen molar-refractivity contribution in [3.8, 4) is 0 Å². The van der Waals surface area contributed by atoms with Crippen molar-refractivity contribution in [2.24, 2.45) is 5.92 Å². The van der Waals surface area contributed by atoms with Gasteiger partial charge in [0.2, 0.25) is 0 Å². The Hall–Kier alpha value is -1.13. The van der Waals surface area contributed by atoms with Crippen LogP contribution in [0.3, 0.4) is 0 Å². The molecule has 0 aliphatic carbocycles. The van der Waals surface area contributed by atoms with Gasteiger partial charge in [-0.2, -0.15) is 0 Å². The molecule has 1 heterocycles. The Morgan fingerprint density at radius 2 is 2.33 bits per heavy atom. The van der Waals surface area contributed by atoms with E-state index in [4.69, 9.17) is 4.74 Å². The van der Waals surface area contributed by atoms with Crippen LogP contribution < -0.4 is 10.2 Å². The second kappa shape index (κ2) is 6.16. The van der Waals surface area contributed by atoms with E-state index < -0.39 is 0 Å². The Morgan fingerprint density at radius 1 is 1.50 bits per heavy atom. The fourth-order valence-corrected chi connectivity index (χ4v) is 2.54. The van der Waals surface area contributed by atoms with Crippen LogP contribution in [-0.4, -0.2) is 33.9 Å². The Bertz CT molecular complexity index is 397. The average Bonchev–Trinajstić information content (AvgIpc) is 2.78. The third-order valence-electron chi connectivity index (χ3n) is 3.42. The summed E-state index contributed by atoms with van der Waals surface area (Å²) in [4.78, 5) is 2.11. The maximum Gasteiger partial charge on any atom is 0.146 e. The van der Waals surface area contributed by atoms with Crippen molar-refractivity contribution in [1.29, 1.82) is 0 Å². The molecule has 1 atom stereocenters. The second-order valence-electron chi connectivity index (χ2n) is 4.87. The van der Waals surface area contributed by atoms with Crippen LogP contribution in [0.25, 0.3) is 0 Å². The highest BCUT2D eigenvalue weighted by Crippen LogP contribution is 2.27. The maximum absolute atomic E-state index is 14.0. The van der Waals surface area contributed by atoms with Gasteiger partial charge < -0.3 is 15.0 Å². The number of nitrogens with one attached hydrogen (secondary N) is 1. The summed E-state index contributed by atoms with van der Waals surface area (Å²) in [5.74, 6) is 0.396. The van der Waals surface area contributed by atoms with Crippen LogP contribution in [0.1, 0.15) is 12.0 Å². The van der Waals surface area contributed by atoms with Crippen LogP contribution in [0.5, 0.6) is 0 Å². The summed E-state index contributed by atoms with van der Waals surface area (Å²) in [6, 6.07) is 5.49. The third kappa shape index (κ3) is 3.00. The number of ether oxygens (including phenoxy) is 1. The van der Waals surface area contributed by atoms with E-state index in [1.54, 1.807) is 13.2 Å². The van der Waals surface area contributed by atoms with Crippen molar-refractivity contribution in [1.82, 2.24) is 5.32 Å². The van der Waals surface area contributed by atoms with Crippen molar-refractivity contribution in [3.05, 3.63) is 29.6 Å². The van der Waals surface area contributed by atoms with E-state index in [9.17, 15) is 4.39 Å². The van der Waals surface area contributed by atoms with Gasteiger partial charge in [-0.1, -0.05) is 6.07 Å². The van der Waals surface area contributed by atoms with Gasteiger partial charge in [-0.05, 0) is 31.2 Å². The monoisotopic (exact) mass is 252 g/mol. The lowest BCUT2D eigenvalue weighted by molar-refractivity contribution is 0.161. The van der Waals surface area contributed by atoms with Gasteiger partial charge in [-0.3, -0.25) is 0 Å². The Labute approximate surface area is 108 Å². The number of hydrogen-bond acceptors (Lipinski definition) is 3. The standard InChI is InChI=1S/C14H21FN2O/c1-16-8-11-3-4-14(13(15)7-11)17-6-5-12(9-17)10-18-2/h3-4,7,12,16H,5-6,8-10H2,1-2H3. The molecule has 0 saturated carbocycles.